The molecule has 2 amide bonds. The van der Waals surface area contributed by atoms with E-state index in [2.05, 4.69) is 64.8 Å². The molecule has 0 bridgehead atoms. The molecule has 67 heavy (non-hydrogen) atoms. The molecule has 0 unspecified atom stereocenters. The van der Waals surface area contributed by atoms with Gasteiger partial charge in [0.2, 0.25) is 20.0 Å². The van der Waals surface area contributed by atoms with Gasteiger partial charge in [-0.1, -0.05) is 28.1 Å². The van der Waals surface area contributed by atoms with Gasteiger partial charge >= 0.3 is 51.7 Å². The number of halogens is 3. The van der Waals surface area contributed by atoms with E-state index in [-0.39, 0.29) is 41.4 Å². The summed E-state index contributed by atoms with van der Waals surface area (Å²) < 4.78 is 66.5. The number of hydrogen-bond acceptors (Lipinski definition) is 13. The zero-order valence-corrected chi connectivity index (χ0v) is 46.6. The van der Waals surface area contributed by atoms with Crippen LogP contribution in [0.5, 0.6) is 0 Å². The maximum absolute atomic E-state index is 13.1. The Labute approximate surface area is 431 Å². The number of hydrogen-bond donors (Lipinski definition) is 3. The summed E-state index contributed by atoms with van der Waals surface area (Å²) in [5, 5.41) is 7.93. The number of nitrogens with two attached hydrogens (primary N) is 1. The maximum atomic E-state index is 13.1. The molecule has 2 saturated heterocycles. The second kappa shape index (κ2) is 24.8. The van der Waals surface area contributed by atoms with Gasteiger partial charge in [-0.15, -0.1) is 22.7 Å². The molecule has 2 saturated carbocycles. The number of benzene rings is 2. The number of carbonyl (C=O) groups excluding carboxylic acids is 2. The third-order valence-corrected chi connectivity index (χ3v) is 18.6. The Morgan fingerprint density at radius 2 is 1.07 bits per heavy atom. The summed E-state index contributed by atoms with van der Waals surface area (Å²) in [6.45, 7) is 9.58. The third-order valence-electron chi connectivity index (χ3n) is 11.9. The predicted molar refractivity (Wildman–Crippen MR) is 271 cm³/mol. The van der Waals surface area contributed by atoms with Gasteiger partial charge in [-0.3, -0.25) is 0 Å². The average molecular weight is 1240 g/mol. The summed E-state index contributed by atoms with van der Waals surface area (Å²) in [5.74, 6) is 0.621. The van der Waals surface area contributed by atoms with E-state index in [1.165, 1.54) is 20.0 Å². The molecule has 2 aliphatic heterocycles. The van der Waals surface area contributed by atoms with E-state index in [1.54, 1.807) is 59.3 Å². The molecule has 0 spiro atoms. The number of amides is 2. The molecule has 23 heteroatoms. The summed E-state index contributed by atoms with van der Waals surface area (Å²) in [6.07, 6.45) is 11.5. The monoisotopic (exact) mass is 1240 g/mol. The van der Waals surface area contributed by atoms with Gasteiger partial charge in [0, 0.05) is 83.8 Å². The van der Waals surface area contributed by atoms with Gasteiger partial charge in [0.05, 0.1) is 41.8 Å². The van der Waals surface area contributed by atoms with E-state index < -0.39 is 20.0 Å². The van der Waals surface area contributed by atoms with E-state index in [9.17, 15) is 26.4 Å². The van der Waals surface area contributed by atoms with Crippen LogP contribution in [0.3, 0.4) is 0 Å². The molecule has 0 atom stereocenters. The molecule has 373 valence electrons. The van der Waals surface area contributed by atoms with Crippen LogP contribution >= 0.6 is 66.8 Å². The standard InChI is InChI=1S/C22H28BrN3O4S2.C22H30N4O4S2.2BrH.Cu/c2*1-14(2)30-22(27)25-17-7-4-15(5-8-17)21-24-13-19(31-21)18-9-6-16(23)12-20(18)32(28,29)26-10-3-11-26;;;/h6,9,12-15,17H,3-5,7-8,10-11H2,1-2H3,(H,25,27);6,9,12-15,17H,3-5,7-8,10-11,23H2,1-2H3,(H,25,27);2*1H;/q;;;;+2/p-2. The van der Waals surface area contributed by atoms with Crippen molar-refractivity contribution in [3.63, 3.8) is 0 Å². The first-order valence-corrected chi connectivity index (χ1v) is 32.2. The number of rotatable bonds is 12. The number of anilines is 1. The fraction of sp³-hybridized carbons (Fsp3) is 0.545. The molecular weight excluding hydrogens is 1190 g/mol. The van der Waals surface area contributed by atoms with E-state index in [1.807, 2.05) is 39.8 Å². The number of sulfonamides is 2. The number of nitrogens with one attached hydrogen (secondary N) is 2. The van der Waals surface area contributed by atoms with Gasteiger partial charge in [-0.25, -0.2) is 36.4 Å². The Hall–Kier alpha value is -2.18. The van der Waals surface area contributed by atoms with Crippen LogP contribution < -0.4 is 16.4 Å². The second-order valence-corrected chi connectivity index (χ2v) is 29.0. The fourth-order valence-electron chi connectivity index (χ4n) is 8.20. The van der Waals surface area contributed by atoms with Gasteiger partial charge in [0.15, 0.2) is 0 Å². The van der Waals surface area contributed by atoms with E-state index >= 15 is 0 Å². The number of aromatic nitrogens is 2. The normalized spacial score (nSPS) is 21.2. The molecule has 0 radical (unpaired) electrons. The van der Waals surface area contributed by atoms with Crippen LogP contribution in [0.25, 0.3) is 20.9 Å². The molecule has 2 aromatic heterocycles. The summed E-state index contributed by atoms with van der Waals surface area (Å²) in [4.78, 5) is 35.3. The van der Waals surface area contributed by atoms with Crippen molar-refractivity contribution in [2.45, 2.75) is 138 Å². The van der Waals surface area contributed by atoms with Crippen LogP contribution in [0.1, 0.15) is 114 Å². The van der Waals surface area contributed by atoms with Crippen LogP contribution in [-0.4, -0.2) is 98.1 Å². The topological polar surface area (TPSA) is 203 Å². The number of nitrogen functional groups attached to an aromatic ring is 1. The van der Waals surface area contributed by atoms with Gasteiger partial charge in [0.25, 0.3) is 0 Å². The number of ether oxygens (including phenoxy) is 2. The summed E-state index contributed by atoms with van der Waals surface area (Å²) in [6, 6.07) is 10.7. The summed E-state index contributed by atoms with van der Waals surface area (Å²) in [7, 11) is -7.08. The van der Waals surface area contributed by atoms with Crippen LogP contribution in [0.4, 0.5) is 15.3 Å². The SMILES string of the molecule is CC(C)OC(=O)NC1CCC(c2ncc(-c3ccc(Br)cc3S(=O)(=O)N3CCC3)s2)CC1.CC(C)OC(=O)NC1CCC(c2ncc(-c3ccc(N)cc3S(=O)(=O)N3CCC3)s2)CC1.[Br][Cu][Br]. The molecule has 4 aliphatic rings. The van der Waals surface area contributed by atoms with E-state index in [0.29, 0.717) is 59.7 Å². The van der Waals surface area contributed by atoms with Gasteiger partial charge in [-0.2, -0.15) is 8.61 Å². The minimum atomic E-state index is -3.57. The van der Waals surface area contributed by atoms with Crippen molar-refractivity contribution in [3.8, 4) is 20.9 Å². The Balaban J connectivity index is 0.000000209. The molecule has 4 fully saturated rings. The van der Waals surface area contributed by atoms with Crippen molar-refractivity contribution < 1.29 is 47.2 Å². The van der Waals surface area contributed by atoms with Crippen molar-refractivity contribution in [3.05, 3.63) is 63.3 Å². The van der Waals surface area contributed by atoms with Crippen molar-refractivity contribution in [2.24, 2.45) is 0 Å². The summed E-state index contributed by atoms with van der Waals surface area (Å²) in [5.41, 5.74) is 7.71. The molecule has 4 heterocycles. The zero-order chi connectivity index (χ0) is 48.5. The average Bonchev–Trinajstić information content (AvgIpc) is 3.91. The van der Waals surface area contributed by atoms with Crippen molar-refractivity contribution >= 4 is 105 Å². The molecule has 2 aliphatic carbocycles. The molecule has 4 N–H and O–H groups in total. The van der Waals surface area contributed by atoms with Gasteiger partial charge in [-0.05, 0) is 116 Å². The van der Waals surface area contributed by atoms with Crippen molar-refractivity contribution in [2.75, 3.05) is 31.9 Å². The Morgan fingerprint density at radius 3 is 1.45 bits per heavy atom. The first kappa shape index (κ1) is 54.2. The number of nitrogens with zero attached hydrogens (tertiary/aromatic N) is 4. The van der Waals surface area contributed by atoms with Crippen molar-refractivity contribution in [1.82, 2.24) is 29.2 Å². The number of thiazole rings is 2. The Bertz CT molecular complexity index is 2350. The molecule has 4 aromatic rings. The minimum absolute atomic E-state index is 0.113. The Morgan fingerprint density at radius 1 is 0.687 bits per heavy atom. The quantitative estimate of drug-likeness (QED) is 0.0899. The second-order valence-electron chi connectivity index (χ2n) is 17.4. The molecule has 2 aromatic carbocycles. The summed E-state index contributed by atoms with van der Waals surface area (Å²) >= 11 is 13.9. The number of alkyl carbamates (subject to hydrolysis) is 2. The van der Waals surface area contributed by atoms with Crippen LogP contribution in [0.2, 0.25) is 0 Å². The van der Waals surface area contributed by atoms with Gasteiger partial charge < -0.3 is 25.8 Å². The van der Waals surface area contributed by atoms with E-state index in [0.717, 1.165) is 88.5 Å². The van der Waals surface area contributed by atoms with Crippen molar-refractivity contribution in [1.29, 1.82) is 0 Å². The van der Waals surface area contributed by atoms with E-state index in [4.69, 9.17) is 15.2 Å². The predicted octanol–water partition coefficient (Wildman–Crippen LogP) is 10.8. The molecule has 8 rings (SSSR count). The zero-order valence-electron chi connectivity index (χ0n) is 37.7. The van der Waals surface area contributed by atoms with Crippen LogP contribution in [0.15, 0.2) is 63.1 Å². The van der Waals surface area contributed by atoms with Crippen LogP contribution in [0, 0.1) is 0 Å². The first-order valence-electron chi connectivity index (χ1n) is 22.3. The molecular formula is C44H58Br3CuN7O8S4. The number of carbonyl (C=O) groups is 2. The molecule has 15 nitrogen and oxygen atoms in total. The Kier molecular flexibility index (Phi) is 20.0. The van der Waals surface area contributed by atoms with Crippen LogP contribution in [-0.2, 0) is 40.9 Å². The van der Waals surface area contributed by atoms with Gasteiger partial charge in [0.1, 0.15) is 0 Å². The third kappa shape index (κ3) is 14.5. The first-order chi connectivity index (χ1) is 31.9. The fourth-order valence-corrected chi connectivity index (χ4v) is 14.6.